The number of rotatable bonds is 8. The van der Waals surface area contributed by atoms with Gasteiger partial charge in [-0.05, 0) is 67.8 Å². The minimum Gasteiger partial charge on any atom is -0.488 e. The van der Waals surface area contributed by atoms with Crippen LogP contribution in [0.2, 0.25) is 5.02 Å². The van der Waals surface area contributed by atoms with Crippen LogP contribution in [-0.2, 0) is 20.0 Å². The van der Waals surface area contributed by atoms with E-state index in [9.17, 15) is 16.8 Å². The SMILES string of the molecule is COc1ncc(-c2cc(OC3CCN(S(C)(=O)=O)CC3)c3ncnc(C)c3c2)cc1NS(=O)(=O)c1ccc(Cl)cc1. The molecule has 11 nitrogen and oxygen atoms in total. The van der Waals surface area contributed by atoms with E-state index in [1.54, 1.807) is 12.3 Å². The van der Waals surface area contributed by atoms with Crippen molar-refractivity contribution in [2.45, 2.75) is 30.8 Å². The number of nitrogens with one attached hydrogen (secondary N) is 1. The van der Waals surface area contributed by atoms with Crippen LogP contribution >= 0.6 is 11.6 Å². The van der Waals surface area contributed by atoms with Crippen LogP contribution in [0, 0.1) is 6.92 Å². The second-order valence-electron chi connectivity index (χ2n) is 9.65. The monoisotopic (exact) mass is 617 g/mol. The number of ether oxygens (including phenoxy) is 2. The molecule has 3 heterocycles. The predicted molar refractivity (Wildman–Crippen MR) is 156 cm³/mol. The van der Waals surface area contributed by atoms with Crippen LogP contribution in [0.4, 0.5) is 5.69 Å². The molecule has 0 atom stereocenters. The van der Waals surface area contributed by atoms with E-state index in [2.05, 4.69) is 19.7 Å². The second kappa shape index (κ2) is 11.4. The lowest BCUT2D eigenvalue weighted by Gasteiger charge is -2.30. The number of pyridine rings is 1. The summed E-state index contributed by atoms with van der Waals surface area (Å²) in [5.41, 5.74) is 2.80. The van der Waals surface area contributed by atoms with Gasteiger partial charge in [0.15, 0.2) is 0 Å². The van der Waals surface area contributed by atoms with Gasteiger partial charge in [0.05, 0.1) is 18.3 Å². The van der Waals surface area contributed by atoms with Gasteiger partial charge in [-0.2, -0.15) is 0 Å². The van der Waals surface area contributed by atoms with Crippen molar-refractivity contribution >= 4 is 48.2 Å². The Kier molecular flexibility index (Phi) is 8.06. The lowest BCUT2D eigenvalue weighted by atomic mass is 10.0. The fourth-order valence-corrected chi connectivity index (χ4v) is 6.69. The van der Waals surface area contributed by atoms with Gasteiger partial charge in [0.25, 0.3) is 10.0 Å². The van der Waals surface area contributed by atoms with E-state index in [1.807, 2.05) is 19.1 Å². The van der Waals surface area contributed by atoms with Crippen molar-refractivity contribution in [3.63, 3.8) is 0 Å². The summed E-state index contributed by atoms with van der Waals surface area (Å²) in [5, 5.41) is 1.17. The Morgan fingerprint density at radius 2 is 1.68 bits per heavy atom. The topological polar surface area (TPSA) is 141 Å². The van der Waals surface area contributed by atoms with E-state index in [4.69, 9.17) is 21.1 Å². The highest BCUT2D eigenvalue weighted by Gasteiger charge is 2.27. The van der Waals surface area contributed by atoms with Crippen molar-refractivity contribution in [3.05, 3.63) is 65.7 Å². The number of hydrogen-bond acceptors (Lipinski definition) is 9. The van der Waals surface area contributed by atoms with Crippen molar-refractivity contribution in [1.82, 2.24) is 19.3 Å². The van der Waals surface area contributed by atoms with Crippen molar-refractivity contribution in [1.29, 1.82) is 0 Å². The maximum Gasteiger partial charge on any atom is 0.262 e. The highest BCUT2D eigenvalue weighted by Crippen LogP contribution is 2.36. The van der Waals surface area contributed by atoms with Gasteiger partial charge in [0, 0.05) is 41.0 Å². The number of piperidine rings is 1. The maximum absolute atomic E-state index is 13.1. The molecule has 4 aromatic rings. The fourth-order valence-electron chi connectivity index (χ4n) is 4.64. The van der Waals surface area contributed by atoms with Crippen LogP contribution in [0.5, 0.6) is 11.6 Å². The zero-order chi connectivity index (χ0) is 29.4. The van der Waals surface area contributed by atoms with Crippen LogP contribution < -0.4 is 14.2 Å². The summed E-state index contributed by atoms with van der Waals surface area (Å²) in [4.78, 5) is 13.1. The van der Waals surface area contributed by atoms with E-state index < -0.39 is 20.0 Å². The standard InChI is InChI=1S/C27H28ClN5O6S2/c1-17-23-12-18(14-25(26(23)31-16-30-17)39-21-8-10-33(11-9-21)40(3,34)35)19-13-24(27(38-2)29-15-19)32-41(36,37)22-6-4-20(28)5-7-22/h4-7,12-16,21,32H,8-11H2,1-3H3. The molecule has 14 heteroatoms. The van der Waals surface area contributed by atoms with Crippen molar-refractivity contribution in [3.8, 4) is 22.8 Å². The summed E-state index contributed by atoms with van der Waals surface area (Å²) in [6.45, 7) is 2.60. The number of fused-ring (bicyclic) bond motifs is 1. The Hall–Kier alpha value is -3.52. The second-order valence-corrected chi connectivity index (χ2v) is 13.8. The molecule has 5 rings (SSSR count). The van der Waals surface area contributed by atoms with Gasteiger partial charge in [-0.3, -0.25) is 4.72 Å². The molecule has 2 aromatic carbocycles. The third kappa shape index (κ3) is 6.38. The maximum atomic E-state index is 13.1. The molecule has 0 radical (unpaired) electrons. The summed E-state index contributed by atoms with van der Waals surface area (Å²) < 4.78 is 65.8. The molecule has 1 aliphatic rings. The molecule has 1 saturated heterocycles. The third-order valence-corrected chi connectivity index (χ3v) is 9.75. The molecule has 0 saturated carbocycles. The largest absolute Gasteiger partial charge is 0.488 e. The van der Waals surface area contributed by atoms with Gasteiger partial charge < -0.3 is 9.47 Å². The molecule has 1 N–H and O–H groups in total. The third-order valence-electron chi connectivity index (χ3n) is 6.81. The first-order valence-electron chi connectivity index (χ1n) is 12.6. The van der Waals surface area contributed by atoms with Gasteiger partial charge in [-0.15, -0.1) is 0 Å². The molecule has 1 fully saturated rings. The summed E-state index contributed by atoms with van der Waals surface area (Å²) >= 11 is 5.92. The fraction of sp³-hybridized carbons (Fsp3) is 0.296. The molecule has 0 amide bonds. The number of nitrogens with zero attached hydrogens (tertiary/aromatic N) is 4. The number of sulfonamides is 2. The van der Waals surface area contributed by atoms with Gasteiger partial charge in [0.2, 0.25) is 15.9 Å². The lowest BCUT2D eigenvalue weighted by molar-refractivity contribution is 0.137. The Labute approximate surface area is 243 Å². The number of aromatic nitrogens is 3. The van der Waals surface area contributed by atoms with Crippen LogP contribution in [0.25, 0.3) is 22.0 Å². The number of anilines is 1. The van der Waals surface area contributed by atoms with E-state index >= 15 is 0 Å². The number of halogens is 1. The average Bonchev–Trinajstić information content (AvgIpc) is 2.93. The minimum atomic E-state index is -3.97. The van der Waals surface area contributed by atoms with Gasteiger partial charge in [0.1, 0.15) is 29.4 Å². The van der Waals surface area contributed by atoms with E-state index in [1.165, 1.54) is 48.3 Å². The molecule has 0 spiro atoms. The summed E-state index contributed by atoms with van der Waals surface area (Å²) in [7, 11) is -5.83. The molecular formula is C27H28ClN5O6S2. The predicted octanol–water partition coefficient (Wildman–Crippen LogP) is 4.27. The Bertz CT molecular complexity index is 1810. The molecule has 0 unspecified atom stereocenters. The van der Waals surface area contributed by atoms with E-state index in [0.29, 0.717) is 53.3 Å². The van der Waals surface area contributed by atoms with Gasteiger partial charge in [-0.1, -0.05) is 11.6 Å². The highest BCUT2D eigenvalue weighted by atomic mass is 35.5. The molecule has 216 valence electrons. The number of hydrogen-bond donors (Lipinski definition) is 1. The summed E-state index contributed by atoms with van der Waals surface area (Å²) in [6.07, 6.45) is 5.10. The smallest absolute Gasteiger partial charge is 0.262 e. The minimum absolute atomic E-state index is 0.0328. The first-order valence-corrected chi connectivity index (χ1v) is 16.4. The molecule has 41 heavy (non-hydrogen) atoms. The average molecular weight is 618 g/mol. The van der Waals surface area contributed by atoms with E-state index in [0.717, 1.165) is 11.1 Å². The lowest BCUT2D eigenvalue weighted by Crippen LogP contribution is -2.41. The van der Waals surface area contributed by atoms with Crippen molar-refractivity contribution < 1.29 is 26.3 Å². The van der Waals surface area contributed by atoms with Gasteiger partial charge >= 0.3 is 0 Å². The van der Waals surface area contributed by atoms with Crippen LogP contribution in [0.1, 0.15) is 18.5 Å². The Morgan fingerprint density at radius 1 is 0.976 bits per heavy atom. The number of aryl methyl sites for hydroxylation is 1. The zero-order valence-corrected chi connectivity index (χ0v) is 24.9. The first-order chi connectivity index (χ1) is 19.4. The Balaban J connectivity index is 1.51. The first kappa shape index (κ1) is 29.0. The summed E-state index contributed by atoms with van der Waals surface area (Å²) in [5.74, 6) is 0.612. The van der Waals surface area contributed by atoms with E-state index in [-0.39, 0.29) is 22.6 Å². The molecule has 2 aromatic heterocycles. The normalized spacial score (nSPS) is 15.1. The van der Waals surface area contributed by atoms with Gasteiger partial charge in [-0.25, -0.2) is 36.1 Å². The molecule has 1 aliphatic heterocycles. The van der Waals surface area contributed by atoms with Crippen molar-refractivity contribution in [2.24, 2.45) is 0 Å². The van der Waals surface area contributed by atoms with Crippen LogP contribution in [0.3, 0.4) is 0 Å². The zero-order valence-electron chi connectivity index (χ0n) is 22.5. The summed E-state index contributed by atoms with van der Waals surface area (Å²) in [6, 6.07) is 11.1. The Morgan fingerprint density at radius 3 is 2.34 bits per heavy atom. The van der Waals surface area contributed by atoms with Crippen LogP contribution in [0.15, 0.2) is 59.9 Å². The molecule has 0 aliphatic carbocycles. The van der Waals surface area contributed by atoms with Crippen LogP contribution in [-0.4, -0.2) is 68.7 Å². The quantitative estimate of drug-likeness (QED) is 0.307. The number of benzene rings is 2. The molecular weight excluding hydrogens is 590 g/mol. The molecule has 0 bridgehead atoms. The van der Waals surface area contributed by atoms with Crippen molar-refractivity contribution in [2.75, 3.05) is 31.2 Å². The highest BCUT2D eigenvalue weighted by molar-refractivity contribution is 7.92. The number of methoxy groups -OCH3 is 1.